The van der Waals surface area contributed by atoms with E-state index in [0.717, 1.165) is 16.8 Å². The average Bonchev–Trinajstić information content (AvgIpc) is 2.62. The Labute approximate surface area is 154 Å². The first kappa shape index (κ1) is 19.5. The summed E-state index contributed by atoms with van der Waals surface area (Å²) in [4.78, 5) is 13.8. The van der Waals surface area contributed by atoms with E-state index >= 15 is 0 Å². The van der Waals surface area contributed by atoms with Crippen molar-refractivity contribution in [2.24, 2.45) is 5.92 Å². The van der Waals surface area contributed by atoms with Crippen LogP contribution in [0.3, 0.4) is 0 Å². The fraction of sp³-hybridized carbons (Fsp3) is 0.318. The van der Waals surface area contributed by atoms with Crippen LogP contribution in [0.5, 0.6) is 0 Å². The van der Waals surface area contributed by atoms with E-state index in [-0.39, 0.29) is 18.2 Å². The van der Waals surface area contributed by atoms with E-state index in [0.29, 0.717) is 25.6 Å². The molecule has 2 aromatic carbocycles. The molecule has 0 bridgehead atoms. The molecule has 0 aliphatic rings. The van der Waals surface area contributed by atoms with Crippen molar-refractivity contribution >= 4 is 11.7 Å². The molecule has 2 rings (SSSR count). The third kappa shape index (κ3) is 6.25. The Bertz CT molecular complexity index is 745. The quantitative estimate of drug-likeness (QED) is 0.526. The highest BCUT2D eigenvalue weighted by molar-refractivity contribution is 5.72. The number of carbonyl (C=O) groups is 1. The van der Waals surface area contributed by atoms with Crippen molar-refractivity contribution in [2.75, 3.05) is 18.1 Å². The van der Waals surface area contributed by atoms with Crippen LogP contribution in [0.4, 0.5) is 10.1 Å². The van der Waals surface area contributed by atoms with Gasteiger partial charge in [-0.3, -0.25) is 4.79 Å². The zero-order valence-corrected chi connectivity index (χ0v) is 15.2. The van der Waals surface area contributed by atoms with Crippen molar-refractivity contribution in [1.82, 2.24) is 0 Å². The monoisotopic (exact) mass is 353 g/mol. The third-order valence-corrected chi connectivity index (χ3v) is 3.80. The van der Waals surface area contributed by atoms with Gasteiger partial charge in [0, 0.05) is 12.2 Å². The van der Waals surface area contributed by atoms with E-state index in [1.165, 1.54) is 12.1 Å². The first-order valence-electron chi connectivity index (χ1n) is 8.65. The number of halogens is 1. The number of anilines is 1. The average molecular weight is 353 g/mol. The second-order valence-corrected chi connectivity index (χ2v) is 6.61. The van der Waals surface area contributed by atoms with Crippen LogP contribution in [0.15, 0.2) is 48.5 Å². The van der Waals surface area contributed by atoms with Crippen molar-refractivity contribution in [3.8, 4) is 12.3 Å². The van der Waals surface area contributed by atoms with Gasteiger partial charge in [0.15, 0.2) is 0 Å². The SMILES string of the molecule is C#CCN(Cc1ccc(F)cc1)c1ccc(CC(=O)OCC(C)C)cc1. The maximum absolute atomic E-state index is 13.1. The predicted octanol–water partition coefficient (Wildman–Crippen LogP) is 4.21. The lowest BCUT2D eigenvalue weighted by atomic mass is 10.1. The van der Waals surface area contributed by atoms with Crippen LogP contribution in [-0.2, 0) is 22.5 Å². The van der Waals surface area contributed by atoms with Gasteiger partial charge in [0.1, 0.15) is 5.82 Å². The molecule has 0 atom stereocenters. The summed E-state index contributed by atoms with van der Waals surface area (Å²) in [5.41, 5.74) is 2.82. The highest BCUT2D eigenvalue weighted by Gasteiger charge is 2.09. The summed E-state index contributed by atoms with van der Waals surface area (Å²) in [5.74, 6) is 2.49. The maximum atomic E-state index is 13.1. The van der Waals surface area contributed by atoms with E-state index in [2.05, 4.69) is 5.92 Å². The number of hydrogen-bond donors (Lipinski definition) is 0. The van der Waals surface area contributed by atoms with Gasteiger partial charge in [-0.05, 0) is 41.3 Å². The zero-order chi connectivity index (χ0) is 18.9. The second kappa shape index (κ2) is 9.62. The summed E-state index contributed by atoms with van der Waals surface area (Å²) < 4.78 is 18.3. The van der Waals surface area contributed by atoms with Gasteiger partial charge < -0.3 is 9.64 Å². The van der Waals surface area contributed by atoms with Gasteiger partial charge in [-0.25, -0.2) is 4.39 Å². The van der Waals surface area contributed by atoms with Crippen LogP contribution in [0, 0.1) is 24.1 Å². The molecule has 0 aliphatic carbocycles. The first-order chi connectivity index (χ1) is 12.5. The highest BCUT2D eigenvalue weighted by Crippen LogP contribution is 2.19. The molecular weight excluding hydrogens is 329 g/mol. The summed E-state index contributed by atoms with van der Waals surface area (Å²) in [6.45, 7) is 5.46. The molecule has 0 fully saturated rings. The van der Waals surface area contributed by atoms with Gasteiger partial charge in [0.05, 0.1) is 19.6 Å². The number of carbonyl (C=O) groups excluding carboxylic acids is 1. The predicted molar refractivity (Wildman–Crippen MR) is 102 cm³/mol. The van der Waals surface area contributed by atoms with Crippen molar-refractivity contribution in [2.45, 2.75) is 26.8 Å². The minimum absolute atomic E-state index is 0.224. The molecule has 136 valence electrons. The van der Waals surface area contributed by atoms with E-state index < -0.39 is 0 Å². The normalized spacial score (nSPS) is 10.4. The Morgan fingerprint density at radius 1 is 1.12 bits per heavy atom. The van der Waals surface area contributed by atoms with Crippen LogP contribution in [-0.4, -0.2) is 19.1 Å². The molecule has 0 spiro atoms. The summed E-state index contributed by atoms with van der Waals surface area (Å²) in [6.07, 6.45) is 5.74. The molecule has 0 heterocycles. The number of esters is 1. The molecule has 0 aliphatic heterocycles. The molecule has 0 amide bonds. The smallest absolute Gasteiger partial charge is 0.310 e. The summed E-state index contributed by atoms with van der Waals surface area (Å²) in [5, 5.41) is 0. The summed E-state index contributed by atoms with van der Waals surface area (Å²) >= 11 is 0. The molecule has 0 N–H and O–H groups in total. The van der Waals surface area contributed by atoms with Crippen molar-refractivity contribution in [3.63, 3.8) is 0 Å². The number of terminal acetylenes is 1. The molecule has 0 radical (unpaired) electrons. The van der Waals surface area contributed by atoms with Crippen LogP contribution in [0.2, 0.25) is 0 Å². The Kier molecular flexibility index (Phi) is 7.23. The Morgan fingerprint density at radius 3 is 2.31 bits per heavy atom. The van der Waals surface area contributed by atoms with E-state index in [9.17, 15) is 9.18 Å². The van der Waals surface area contributed by atoms with Crippen LogP contribution < -0.4 is 4.90 Å². The molecule has 0 saturated carbocycles. The van der Waals surface area contributed by atoms with Crippen LogP contribution in [0.25, 0.3) is 0 Å². The summed E-state index contributed by atoms with van der Waals surface area (Å²) in [6, 6.07) is 14.1. The number of rotatable bonds is 8. The molecule has 0 saturated heterocycles. The largest absolute Gasteiger partial charge is 0.465 e. The molecule has 0 aromatic heterocycles. The van der Waals surface area contributed by atoms with E-state index in [1.807, 2.05) is 43.0 Å². The number of ether oxygens (including phenoxy) is 1. The minimum atomic E-state index is -0.258. The zero-order valence-electron chi connectivity index (χ0n) is 15.2. The molecule has 2 aromatic rings. The van der Waals surface area contributed by atoms with E-state index in [1.54, 1.807) is 12.1 Å². The number of hydrogen-bond acceptors (Lipinski definition) is 3. The van der Waals surface area contributed by atoms with Crippen molar-refractivity contribution in [3.05, 3.63) is 65.5 Å². The first-order valence-corrected chi connectivity index (χ1v) is 8.65. The van der Waals surface area contributed by atoms with Crippen molar-refractivity contribution < 1.29 is 13.9 Å². The van der Waals surface area contributed by atoms with E-state index in [4.69, 9.17) is 11.2 Å². The molecule has 0 unspecified atom stereocenters. The van der Waals surface area contributed by atoms with Gasteiger partial charge in [-0.2, -0.15) is 0 Å². The van der Waals surface area contributed by atoms with Crippen molar-refractivity contribution in [1.29, 1.82) is 0 Å². The second-order valence-electron chi connectivity index (χ2n) is 6.61. The van der Waals surface area contributed by atoms with Gasteiger partial charge in [-0.1, -0.05) is 44.0 Å². The van der Waals surface area contributed by atoms with Gasteiger partial charge in [0.2, 0.25) is 0 Å². The molecule has 3 nitrogen and oxygen atoms in total. The lowest BCUT2D eigenvalue weighted by molar-refractivity contribution is -0.143. The lowest BCUT2D eigenvalue weighted by Crippen LogP contribution is -2.23. The molecule has 4 heteroatoms. The highest BCUT2D eigenvalue weighted by atomic mass is 19.1. The Hall–Kier alpha value is -2.80. The van der Waals surface area contributed by atoms with Gasteiger partial charge in [0.25, 0.3) is 0 Å². The minimum Gasteiger partial charge on any atom is -0.465 e. The molecular formula is C22H24FNO2. The number of nitrogens with zero attached hydrogens (tertiary/aromatic N) is 1. The fourth-order valence-electron chi connectivity index (χ4n) is 2.46. The van der Waals surface area contributed by atoms with Crippen LogP contribution in [0.1, 0.15) is 25.0 Å². The van der Waals surface area contributed by atoms with Gasteiger partial charge >= 0.3 is 5.97 Å². The topological polar surface area (TPSA) is 29.5 Å². The standard InChI is InChI=1S/C22H24FNO2/c1-4-13-24(15-19-5-9-20(23)10-6-19)21-11-7-18(8-12-21)14-22(25)26-16-17(2)3/h1,5-12,17H,13-16H2,2-3H3. The third-order valence-electron chi connectivity index (χ3n) is 3.80. The summed E-state index contributed by atoms with van der Waals surface area (Å²) in [7, 11) is 0. The maximum Gasteiger partial charge on any atom is 0.310 e. The Morgan fingerprint density at radius 2 is 1.73 bits per heavy atom. The Balaban J connectivity index is 2.02. The van der Waals surface area contributed by atoms with Crippen LogP contribution >= 0.6 is 0 Å². The van der Waals surface area contributed by atoms with Gasteiger partial charge in [-0.15, -0.1) is 6.42 Å². The molecule has 26 heavy (non-hydrogen) atoms. The lowest BCUT2D eigenvalue weighted by Gasteiger charge is -2.23. The fourth-order valence-corrected chi connectivity index (χ4v) is 2.46. The number of benzene rings is 2.